The van der Waals surface area contributed by atoms with Crippen LogP contribution >= 0.6 is 0 Å². The van der Waals surface area contributed by atoms with Gasteiger partial charge in [0.2, 0.25) is 0 Å². The fourth-order valence-electron chi connectivity index (χ4n) is 1.93. The highest BCUT2D eigenvalue weighted by Crippen LogP contribution is 2.19. The van der Waals surface area contributed by atoms with Crippen molar-refractivity contribution in [1.82, 2.24) is 10.3 Å². The summed E-state index contributed by atoms with van der Waals surface area (Å²) in [6.45, 7) is 1.87. The van der Waals surface area contributed by atoms with Gasteiger partial charge >= 0.3 is 6.61 Å². The number of rotatable bonds is 6. The average Bonchev–Trinajstić information content (AvgIpc) is 2.46. The van der Waals surface area contributed by atoms with E-state index in [1.54, 1.807) is 24.3 Å². The highest BCUT2D eigenvalue weighted by Gasteiger charge is 2.07. The van der Waals surface area contributed by atoms with Crippen LogP contribution in [-0.2, 0) is 6.54 Å². The van der Waals surface area contributed by atoms with Crippen LogP contribution < -0.4 is 10.1 Å². The van der Waals surface area contributed by atoms with Gasteiger partial charge in [0.15, 0.2) is 0 Å². The van der Waals surface area contributed by atoms with E-state index in [-0.39, 0.29) is 11.8 Å². The lowest BCUT2D eigenvalue weighted by Crippen LogP contribution is -2.18. The quantitative estimate of drug-likeness (QED) is 0.878. The Labute approximate surface area is 123 Å². The predicted molar refractivity (Wildman–Crippen MR) is 77.3 cm³/mol. The summed E-state index contributed by atoms with van der Waals surface area (Å²) < 4.78 is 28.5. The highest BCUT2D eigenvalue weighted by atomic mass is 19.3. The number of alkyl halides is 2. The first kappa shape index (κ1) is 15.4. The van der Waals surface area contributed by atoms with Crippen LogP contribution in [0.2, 0.25) is 0 Å². The third kappa shape index (κ3) is 4.79. The topological polar surface area (TPSA) is 34.1 Å². The van der Waals surface area contributed by atoms with Crippen molar-refractivity contribution >= 4 is 0 Å². The second kappa shape index (κ2) is 7.13. The summed E-state index contributed by atoms with van der Waals surface area (Å²) in [5, 5.41) is 3.37. The van der Waals surface area contributed by atoms with Gasteiger partial charge in [-0.05, 0) is 43.2 Å². The molecule has 0 aliphatic rings. The number of aromatic nitrogens is 1. The van der Waals surface area contributed by atoms with E-state index < -0.39 is 6.61 Å². The van der Waals surface area contributed by atoms with Crippen LogP contribution in [0.4, 0.5) is 8.78 Å². The minimum atomic E-state index is -2.79. The maximum Gasteiger partial charge on any atom is 0.387 e. The molecule has 2 rings (SSSR count). The van der Waals surface area contributed by atoms with Gasteiger partial charge in [0.1, 0.15) is 5.75 Å². The first-order chi connectivity index (χ1) is 10.0. The molecule has 1 heterocycles. The van der Waals surface area contributed by atoms with Gasteiger partial charge in [-0.3, -0.25) is 4.98 Å². The fourth-order valence-corrected chi connectivity index (χ4v) is 1.93. The summed E-state index contributed by atoms with van der Waals surface area (Å²) in [6, 6.07) is 10.8. The molecule has 0 amide bonds. The second-order valence-electron chi connectivity index (χ2n) is 4.86. The van der Waals surface area contributed by atoms with Crippen LogP contribution in [0.3, 0.4) is 0 Å². The Morgan fingerprint density at radius 1 is 1.14 bits per heavy atom. The van der Waals surface area contributed by atoms with Gasteiger partial charge in [0.25, 0.3) is 0 Å². The standard InChI is InChI=1S/C16H18F2N2O/c1-11-3-4-13(9-19-11)10-20-12(2)14-5-7-15(8-6-14)21-16(17)18/h3-9,12,16,20H,10H2,1-2H3. The summed E-state index contributed by atoms with van der Waals surface area (Å²) in [5.41, 5.74) is 3.10. The summed E-state index contributed by atoms with van der Waals surface area (Å²) >= 11 is 0. The summed E-state index contributed by atoms with van der Waals surface area (Å²) in [7, 11) is 0. The van der Waals surface area contributed by atoms with Gasteiger partial charge in [-0.25, -0.2) is 0 Å². The van der Waals surface area contributed by atoms with Gasteiger partial charge in [-0.2, -0.15) is 8.78 Å². The monoisotopic (exact) mass is 292 g/mol. The zero-order chi connectivity index (χ0) is 15.2. The van der Waals surface area contributed by atoms with E-state index >= 15 is 0 Å². The zero-order valence-electron chi connectivity index (χ0n) is 12.0. The van der Waals surface area contributed by atoms with E-state index in [9.17, 15) is 8.78 Å². The maximum atomic E-state index is 12.1. The van der Waals surface area contributed by atoms with Crippen molar-refractivity contribution in [2.75, 3.05) is 0 Å². The van der Waals surface area contributed by atoms with E-state index in [1.807, 2.05) is 32.2 Å². The molecule has 21 heavy (non-hydrogen) atoms. The van der Waals surface area contributed by atoms with Gasteiger partial charge in [0, 0.05) is 24.5 Å². The Bertz CT molecular complexity index is 555. The summed E-state index contributed by atoms with van der Waals surface area (Å²) in [5.74, 6) is 0.170. The Morgan fingerprint density at radius 3 is 2.43 bits per heavy atom. The number of halogens is 2. The molecular formula is C16H18F2N2O. The summed E-state index contributed by atoms with van der Waals surface area (Å²) in [4.78, 5) is 4.24. The van der Waals surface area contributed by atoms with E-state index in [1.165, 1.54) is 0 Å². The van der Waals surface area contributed by atoms with Crippen molar-refractivity contribution in [2.45, 2.75) is 33.0 Å². The normalized spacial score (nSPS) is 12.4. The van der Waals surface area contributed by atoms with Crippen LogP contribution in [0.15, 0.2) is 42.6 Å². The molecule has 1 atom stereocenters. The molecule has 0 aliphatic carbocycles. The number of benzene rings is 1. The van der Waals surface area contributed by atoms with Crippen molar-refractivity contribution in [3.63, 3.8) is 0 Å². The molecule has 1 aromatic heterocycles. The molecule has 0 aliphatic heterocycles. The Kier molecular flexibility index (Phi) is 5.22. The molecule has 0 saturated heterocycles. The molecule has 1 N–H and O–H groups in total. The molecule has 0 radical (unpaired) electrons. The van der Waals surface area contributed by atoms with E-state index in [0.717, 1.165) is 16.8 Å². The van der Waals surface area contributed by atoms with Gasteiger partial charge < -0.3 is 10.1 Å². The first-order valence-electron chi connectivity index (χ1n) is 6.74. The highest BCUT2D eigenvalue weighted by molar-refractivity contribution is 5.29. The first-order valence-corrected chi connectivity index (χ1v) is 6.74. The Balaban J connectivity index is 1.90. The fraction of sp³-hybridized carbons (Fsp3) is 0.312. The molecule has 0 bridgehead atoms. The number of aryl methyl sites for hydroxylation is 1. The van der Waals surface area contributed by atoms with Crippen LogP contribution in [0.25, 0.3) is 0 Å². The minimum Gasteiger partial charge on any atom is -0.435 e. The number of nitrogens with one attached hydrogen (secondary N) is 1. The smallest absolute Gasteiger partial charge is 0.387 e. The number of ether oxygens (including phenoxy) is 1. The lowest BCUT2D eigenvalue weighted by molar-refractivity contribution is -0.0498. The molecule has 1 aromatic carbocycles. The van der Waals surface area contributed by atoms with E-state index in [2.05, 4.69) is 15.0 Å². The SMILES string of the molecule is Cc1ccc(CNC(C)c2ccc(OC(F)F)cc2)cn1. The average molecular weight is 292 g/mol. The van der Waals surface area contributed by atoms with Crippen molar-refractivity contribution in [1.29, 1.82) is 0 Å². The lowest BCUT2D eigenvalue weighted by atomic mass is 10.1. The molecule has 0 spiro atoms. The summed E-state index contributed by atoms with van der Waals surface area (Å²) in [6.07, 6.45) is 1.84. The molecular weight excluding hydrogens is 274 g/mol. The third-order valence-electron chi connectivity index (χ3n) is 3.19. The Hall–Kier alpha value is -2.01. The molecule has 2 aromatic rings. The molecule has 0 saturated carbocycles. The predicted octanol–water partition coefficient (Wildman–Crippen LogP) is 3.84. The van der Waals surface area contributed by atoms with Crippen LogP contribution in [-0.4, -0.2) is 11.6 Å². The maximum absolute atomic E-state index is 12.1. The number of nitrogens with zero attached hydrogens (tertiary/aromatic N) is 1. The Morgan fingerprint density at radius 2 is 1.86 bits per heavy atom. The number of hydrogen-bond donors (Lipinski definition) is 1. The molecule has 3 nitrogen and oxygen atoms in total. The van der Waals surface area contributed by atoms with Gasteiger partial charge in [-0.1, -0.05) is 18.2 Å². The van der Waals surface area contributed by atoms with Gasteiger partial charge in [0.05, 0.1) is 0 Å². The molecule has 112 valence electrons. The number of hydrogen-bond acceptors (Lipinski definition) is 3. The van der Waals surface area contributed by atoms with E-state index in [0.29, 0.717) is 6.54 Å². The second-order valence-corrected chi connectivity index (χ2v) is 4.86. The van der Waals surface area contributed by atoms with Gasteiger partial charge in [-0.15, -0.1) is 0 Å². The van der Waals surface area contributed by atoms with Crippen molar-refractivity contribution in [3.8, 4) is 5.75 Å². The largest absolute Gasteiger partial charge is 0.435 e. The van der Waals surface area contributed by atoms with Crippen LogP contribution in [0.5, 0.6) is 5.75 Å². The minimum absolute atomic E-state index is 0.104. The zero-order valence-corrected chi connectivity index (χ0v) is 12.0. The molecule has 0 fully saturated rings. The van der Waals surface area contributed by atoms with Crippen molar-refractivity contribution < 1.29 is 13.5 Å². The molecule has 5 heteroatoms. The van der Waals surface area contributed by atoms with E-state index in [4.69, 9.17) is 0 Å². The van der Waals surface area contributed by atoms with Crippen molar-refractivity contribution in [2.24, 2.45) is 0 Å². The molecule has 1 unspecified atom stereocenters. The van der Waals surface area contributed by atoms with Crippen LogP contribution in [0.1, 0.15) is 29.8 Å². The number of pyridine rings is 1. The lowest BCUT2D eigenvalue weighted by Gasteiger charge is -2.15. The van der Waals surface area contributed by atoms with Crippen LogP contribution in [0, 0.1) is 6.92 Å². The van der Waals surface area contributed by atoms with Crippen molar-refractivity contribution in [3.05, 3.63) is 59.4 Å². The third-order valence-corrected chi connectivity index (χ3v) is 3.19.